The van der Waals surface area contributed by atoms with Crippen LogP contribution in [-0.2, 0) is 9.47 Å². The molecule has 4 aliphatic carbocycles. The van der Waals surface area contributed by atoms with Crippen molar-refractivity contribution in [3.8, 4) is 0 Å². The Kier molecular flexibility index (Phi) is 37.5. The van der Waals surface area contributed by atoms with Crippen LogP contribution in [0.5, 0.6) is 0 Å². The van der Waals surface area contributed by atoms with Gasteiger partial charge in [0.25, 0.3) is 0 Å². The maximum absolute atomic E-state index is 5.28. The second kappa shape index (κ2) is 39.0. The Morgan fingerprint density at radius 1 is 0.339 bits per heavy atom. The number of piperidine rings is 2. The van der Waals surface area contributed by atoms with E-state index in [-0.39, 0.29) is 0 Å². The normalized spacial score (nSPS) is 29.1. The fraction of sp³-hybridized carbons (Fsp3) is 1.00. The minimum atomic E-state index is 0.536. The predicted molar refractivity (Wildman–Crippen MR) is 250 cm³/mol. The molecule has 0 spiro atoms. The monoisotopic (exact) mass is 791 g/mol. The van der Waals surface area contributed by atoms with Gasteiger partial charge in [-0.05, 0) is 127 Å². The van der Waals surface area contributed by atoms with E-state index in [4.69, 9.17) is 9.47 Å². The molecule has 0 radical (unpaired) electrons. The molecule has 0 bridgehead atoms. The van der Waals surface area contributed by atoms with Gasteiger partial charge in [0.1, 0.15) is 0 Å². The Bertz CT molecular complexity index is 553. The molecule has 0 aromatic heterocycles. The zero-order valence-corrected chi connectivity index (χ0v) is 39.9. The van der Waals surface area contributed by atoms with Crippen LogP contribution in [0.25, 0.3) is 0 Å². The van der Waals surface area contributed by atoms with E-state index in [9.17, 15) is 0 Å². The van der Waals surface area contributed by atoms with E-state index in [0.29, 0.717) is 6.10 Å². The Morgan fingerprint density at radius 3 is 0.946 bits per heavy atom. The molecule has 2 N–H and O–H groups in total. The molecule has 56 heavy (non-hydrogen) atoms. The average molecular weight is 791 g/mol. The van der Waals surface area contributed by atoms with E-state index >= 15 is 0 Å². The summed E-state index contributed by atoms with van der Waals surface area (Å²) in [5.41, 5.74) is 0. The quantitative estimate of drug-likeness (QED) is 0.256. The summed E-state index contributed by atoms with van der Waals surface area (Å²) in [4.78, 5) is 0. The minimum Gasteiger partial charge on any atom is -0.381 e. The highest BCUT2D eigenvalue weighted by molar-refractivity contribution is 4.66. The minimum absolute atomic E-state index is 0.536. The molecule has 0 unspecified atom stereocenters. The van der Waals surface area contributed by atoms with Crippen LogP contribution >= 0.6 is 0 Å². The van der Waals surface area contributed by atoms with Crippen LogP contribution in [0.3, 0.4) is 0 Å². The SMILES string of the molecule is CC1CCCCC1.CC1CCCCC1.CC1CCCCC1.CC1CCCCC1.C[C@H]1CCCCN1.C[C@H]1CCCCO1.C[C@H]1CCCNC1.C[C@H]1CCCOC1. The van der Waals surface area contributed by atoms with Crippen LogP contribution in [-0.4, -0.2) is 51.6 Å². The van der Waals surface area contributed by atoms with Gasteiger partial charge in [-0.25, -0.2) is 0 Å². The lowest BCUT2D eigenvalue weighted by Crippen LogP contribution is -2.30. The summed E-state index contributed by atoms with van der Waals surface area (Å²) in [6.45, 7) is 25.0. The first-order valence-corrected chi connectivity index (χ1v) is 25.8. The number of nitrogens with one attached hydrogen (secondary N) is 2. The Morgan fingerprint density at radius 2 is 0.768 bits per heavy atom. The summed E-state index contributed by atoms with van der Waals surface area (Å²) < 4.78 is 10.5. The van der Waals surface area contributed by atoms with E-state index in [1.807, 2.05) is 0 Å². The molecule has 8 rings (SSSR count). The molecule has 4 saturated carbocycles. The van der Waals surface area contributed by atoms with Gasteiger partial charge in [-0.2, -0.15) is 0 Å². The fourth-order valence-corrected chi connectivity index (χ4v) is 9.08. The highest BCUT2D eigenvalue weighted by Crippen LogP contribution is 2.24. The van der Waals surface area contributed by atoms with Crippen molar-refractivity contribution in [2.45, 2.75) is 260 Å². The number of hydrogen-bond acceptors (Lipinski definition) is 4. The van der Waals surface area contributed by atoms with E-state index in [1.54, 1.807) is 0 Å². The lowest BCUT2D eigenvalue weighted by Gasteiger charge is -2.18. The summed E-state index contributed by atoms with van der Waals surface area (Å²) in [5, 5.41) is 6.72. The Balaban J connectivity index is 0.000000320. The van der Waals surface area contributed by atoms with Crippen molar-refractivity contribution in [3.63, 3.8) is 0 Å². The molecule has 8 aliphatic rings. The summed E-state index contributed by atoms with van der Waals surface area (Å²) in [6.07, 6.45) is 43.8. The Hall–Kier alpha value is -0.160. The summed E-state index contributed by atoms with van der Waals surface area (Å²) in [6, 6.07) is 0.786. The molecular weight excluding hydrogens is 685 g/mol. The largest absolute Gasteiger partial charge is 0.381 e. The molecule has 0 aromatic carbocycles. The van der Waals surface area contributed by atoms with Crippen molar-refractivity contribution in [1.82, 2.24) is 10.6 Å². The molecule has 4 nitrogen and oxygen atoms in total. The number of rotatable bonds is 0. The smallest absolute Gasteiger partial charge is 0.0547 e. The third kappa shape index (κ3) is 36.9. The second-order valence-corrected chi connectivity index (χ2v) is 20.3. The molecule has 336 valence electrons. The zero-order valence-electron chi connectivity index (χ0n) is 39.9. The van der Waals surface area contributed by atoms with Gasteiger partial charge in [0.2, 0.25) is 0 Å². The van der Waals surface area contributed by atoms with Gasteiger partial charge in [-0.15, -0.1) is 0 Å². The van der Waals surface area contributed by atoms with Crippen molar-refractivity contribution < 1.29 is 9.47 Å². The molecule has 4 atom stereocenters. The number of ether oxygens (including phenoxy) is 2. The van der Waals surface area contributed by atoms with E-state index < -0.39 is 0 Å². The summed E-state index contributed by atoms with van der Waals surface area (Å²) in [5.74, 6) is 5.88. The zero-order chi connectivity index (χ0) is 40.9. The van der Waals surface area contributed by atoms with E-state index in [1.165, 1.54) is 212 Å². The van der Waals surface area contributed by atoms with Crippen LogP contribution in [0.2, 0.25) is 0 Å². The molecule has 0 aromatic rings. The Labute approximate surface area is 354 Å². The van der Waals surface area contributed by atoms with Gasteiger partial charge in [0.15, 0.2) is 0 Å². The predicted octanol–water partition coefficient (Wildman–Crippen LogP) is 15.5. The summed E-state index contributed by atoms with van der Waals surface area (Å²) >= 11 is 0. The van der Waals surface area contributed by atoms with Gasteiger partial charge in [-0.1, -0.05) is 176 Å². The van der Waals surface area contributed by atoms with Gasteiger partial charge in [0, 0.05) is 25.9 Å². The number of hydrogen-bond donors (Lipinski definition) is 2. The maximum atomic E-state index is 5.28. The van der Waals surface area contributed by atoms with Crippen molar-refractivity contribution in [2.24, 2.45) is 35.5 Å². The summed E-state index contributed by atoms with van der Waals surface area (Å²) in [7, 11) is 0. The maximum Gasteiger partial charge on any atom is 0.0547 e. The van der Waals surface area contributed by atoms with E-state index in [2.05, 4.69) is 66.0 Å². The molecule has 4 heteroatoms. The second-order valence-electron chi connectivity index (χ2n) is 20.3. The van der Waals surface area contributed by atoms with Gasteiger partial charge >= 0.3 is 0 Å². The molecule has 0 amide bonds. The van der Waals surface area contributed by atoms with Crippen LogP contribution in [0, 0.1) is 35.5 Å². The first kappa shape index (κ1) is 53.9. The lowest BCUT2D eigenvalue weighted by molar-refractivity contribution is 0.0285. The molecule has 8 fully saturated rings. The molecule has 4 aliphatic heterocycles. The highest BCUT2D eigenvalue weighted by Gasteiger charge is 2.10. The average Bonchev–Trinajstić information content (AvgIpc) is 3.22. The fourth-order valence-electron chi connectivity index (χ4n) is 9.08. The standard InChI is InChI=1S/4C7H14.2C6H13N.2C6H12O/c4*1-7-5-3-2-4-6-7;1-6-3-2-4-7-5-6;1-6-4-2-3-5-7-6;1-6-3-2-4-7-5-6;1-6-4-2-3-5-7-6/h4*7H,2-6H2,1H3;2*6-7H,2-5H2,1H3;2*6H,2-5H2,1H3/t;;;;4*6-/m....0000/s1. The first-order chi connectivity index (χ1) is 27.2. The van der Waals surface area contributed by atoms with Crippen molar-refractivity contribution in [3.05, 3.63) is 0 Å². The third-order valence-electron chi connectivity index (χ3n) is 13.5. The first-order valence-electron chi connectivity index (χ1n) is 25.8. The molecular formula is C52H106N2O2. The molecule has 4 heterocycles. The molecule has 4 saturated heterocycles. The van der Waals surface area contributed by atoms with Crippen molar-refractivity contribution in [1.29, 1.82) is 0 Å². The third-order valence-corrected chi connectivity index (χ3v) is 13.5. The lowest BCUT2D eigenvalue weighted by atomic mass is 9.91. The van der Waals surface area contributed by atoms with Gasteiger partial charge in [-0.3, -0.25) is 0 Å². The topological polar surface area (TPSA) is 42.5 Å². The van der Waals surface area contributed by atoms with Crippen LogP contribution in [0.1, 0.15) is 248 Å². The van der Waals surface area contributed by atoms with Crippen molar-refractivity contribution in [2.75, 3.05) is 39.5 Å². The van der Waals surface area contributed by atoms with E-state index in [0.717, 1.165) is 61.4 Å². The van der Waals surface area contributed by atoms with Crippen LogP contribution < -0.4 is 10.6 Å². The van der Waals surface area contributed by atoms with Gasteiger partial charge in [0.05, 0.1) is 6.10 Å². The van der Waals surface area contributed by atoms with Gasteiger partial charge < -0.3 is 20.1 Å². The highest BCUT2D eigenvalue weighted by atomic mass is 16.5. The van der Waals surface area contributed by atoms with Crippen LogP contribution in [0.15, 0.2) is 0 Å². The van der Waals surface area contributed by atoms with Crippen molar-refractivity contribution >= 4 is 0 Å². The van der Waals surface area contributed by atoms with Crippen LogP contribution in [0.4, 0.5) is 0 Å².